The van der Waals surface area contributed by atoms with Crippen LogP contribution in [0.3, 0.4) is 0 Å². The van der Waals surface area contributed by atoms with E-state index in [1.54, 1.807) is 0 Å². The van der Waals surface area contributed by atoms with Crippen LogP contribution in [-0.2, 0) is 0 Å². The van der Waals surface area contributed by atoms with Crippen molar-refractivity contribution in [3.05, 3.63) is 34.7 Å². The van der Waals surface area contributed by atoms with Gasteiger partial charge in [0.25, 0.3) is 0 Å². The van der Waals surface area contributed by atoms with E-state index in [0.717, 1.165) is 0 Å². The van der Waals surface area contributed by atoms with Crippen LogP contribution in [0.5, 0.6) is 0 Å². The van der Waals surface area contributed by atoms with Crippen LogP contribution in [0.2, 0.25) is 0 Å². The molecule has 0 saturated carbocycles. The fourth-order valence-electron chi connectivity index (χ4n) is 1.52. The molecule has 0 unspecified atom stereocenters. The molecule has 0 heteroatoms. The molecule has 0 saturated heterocycles. The zero-order valence-electron chi connectivity index (χ0n) is 6.59. The minimum atomic E-state index is 1.23. The maximum Gasteiger partial charge on any atom is -0.0227 e. The van der Waals surface area contributed by atoms with Gasteiger partial charge in [-0.05, 0) is 29.7 Å². The van der Waals surface area contributed by atoms with Crippen LogP contribution >= 0.6 is 0 Å². The van der Waals surface area contributed by atoms with Crippen molar-refractivity contribution in [2.45, 2.75) is 19.3 Å². The fraction of sp³-hybridized carbons (Fsp3) is 0.273. The monoisotopic (exact) mass is 144 g/mol. The van der Waals surface area contributed by atoms with Crippen LogP contribution in [0.1, 0.15) is 19.3 Å². The third-order valence-electron chi connectivity index (χ3n) is 2.13. The molecule has 11 heavy (non-hydrogen) atoms. The Labute approximate surface area is 66.9 Å². The Morgan fingerprint density at radius 1 is 0.818 bits per heavy atom. The van der Waals surface area contributed by atoms with Crippen molar-refractivity contribution in [3.63, 3.8) is 0 Å². The van der Waals surface area contributed by atoms with E-state index >= 15 is 0 Å². The third kappa shape index (κ3) is 1.35. The fourth-order valence-corrected chi connectivity index (χ4v) is 1.52. The topological polar surface area (TPSA) is 0 Å². The van der Waals surface area contributed by atoms with E-state index in [1.807, 2.05) is 0 Å². The molecule has 1 aromatic rings. The first-order valence-corrected chi connectivity index (χ1v) is 4.22. The molecule has 56 valence electrons. The second-order valence-corrected chi connectivity index (χ2v) is 2.97. The first-order valence-electron chi connectivity index (χ1n) is 4.22. The second kappa shape index (κ2) is 2.91. The zero-order chi connectivity index (χ0) is 7.52. The molecule has 0 nitrogen and oxygen atoms in total. The van der Waals surface area contributed by atoms with Gasteiger partial charge in [-0.1, -0.05) is 36.4 Å². The maximum absolute atomic E-state index is 2.33. The lowest BCUT2D eigenvalue weighted by Gasteiger charge is -1.85. The Hall–Kier alpha value is -1.04. The van der Waals surface area contributed by atoms with Gasteiger partial charge in [0, 0.05) is 0 Å². The van der Waals surface area contributed by atoms with Crippen LogP contribution < -0.4 is 10.4 Å². The van der Waals surface area contributed by atoms with Gasteiger partial charge in [-0.2, -0.15) is 0 Å². The summed E-state index contributed by atoms with van der Waals surface area (Å²) in [6.45, 7) is 0. The van der Waals surface area contributed by atoms with Crippen molar-refractivity contribution in [2.75, 3.05) is 0 Å². The molecular weight excluding hydrogens is 132 g/mol. The molecular formula is C11H12. The van der Waals surface area contributed by atoms with E-state index in [0.29, 0.717) is 0 Å². The molecule has 0 spiro atoms. The SMILES string of the molecule is C1=c2ccccc2=CCCC1. The van der Waals surface area contributed by atoms with Crippen LogP contribution in [0.25, 0.3) is 12.2 Å². The number of hydrogen-bond acceptors (Lipinski definition) is 0. The van der Waals surface area contributed by atoms with Crippen molar-refractivity contribution in [1.29, 1.82) is 0 Å². The summed E-state index contributed by atoms with van der Waals surface area (Å²) in [6.07, 6.45) is 8.42. The molecule has 0 bridgehead atoms. The van der Waals surface area contributed by atoms with E-state index in [-0.39, 0.29) is 0 Å². The summed E-state index contributed by atoms with van der Waals surface area (Å²) in [4.78, 5) is 0. The molecule has 1 aliphatic rings. The Balaban J connectivity index is 2.73. The highest BCUT2D eigenvalue weighted by Gasteiger charge is 1.89. The Kier molecular flexibility index (Phi) is 1.76. The summed E-state index contributed by atoms with van der Waals surface area (Å²) in [7, 11) is 0. The molecule has 0 N–H and O–H groups in total. The van der Waals surface area contributed by atoms with Gasteiger partial charge in [0.2, 0.25) is 0 Å². The van der Waals surface area contributed by atoms with E-state index < -0.39 is 0 Å². The lowest BCUT2D eigenvalue weighted by atomic mass is 10.2. The first-order chi connectivity index (χ1) is 5.47. The van der Waals surface area contributed by atoms with Crippen LogP contribution in [0, 0.1) is 0 Å². The minimum absolute atomic E-state index is 1.23. The summed E-state index contributed by atoms with van der Waals surface area (Å²) in [5.74, 6) is 0. The lowest BCUT2D eigenvalue weighted by Crippen LogP contribution is -2.22. The Morgan fingerprint density at radius 2 is 1.36 bits per heavy atom. The lowest BCUT2D eigenvalue weighted by molar-refractivity contribution is 0.925. The van der Waals surface area contributed by atoms with Gasteiger partial charge in [-0.15, -0.1) is 0 Å². The van der Waals surface area contributed by atoms with Crippen LogP contribution in [0.15, 0.2) is 24.3 Å². The van der Waals surface area contributed by atoms with E-state index in [1.165, 1.54) is 29.7 Å². The van der Waals surface area contributed by atoms with Crippen molar-refractivity contribution in [3.8, 4) is 0 Å². The third-order valence-corrected chi connectivity index (χ3v) is 2.13. The van der Waals surface area contributed by atoms with Crippen molar-refractivity contribution in [1.82, 2.24) is 0 Å². The molecule has 0 aliphatic heterocycles. The Bertz CT molecular complexity index is 312. The summed E-state index contributed by atoms with van der Waals surface area (Å²) >= 11 is 0. The maximum atomic E-state index is 2.33. The highest BCUT2D eigenvalue weighted by molar-refractivity contribution is 5.34. The van der Waals surface area contributed by atoms with Crippen molar-refractivity contribution in [2.24, 2.45) is 0 Å². The molecule has 1 aliphatic carbocycles. The molecule has 0 atom stereocenters. The van der Waals surface area contributed by atoms with E-state index in [4.69, 9.17) is 0 Å². The molecule has 0 amide bonds. The highest BCUT2D eigenvalue weighted by Crippen LogP contribution is 1.98. The number of benzene rings is 1. The van der Waals surface area contributed by atoms with Gasteiger partial charge in [0.15, 0.2) is 0 Å². The van der Waals surface area contributed by atoms with Crippen LogP contribution in [-0.4, -0.2) is 0 Å². The van der Waals surface area contributed by atoms with Crippen LogP contribution in [0.4, 0.5) is 0 Å². The summed E-state index contributed by atoms with van der Waals surface area (Å²) in [5, 5.41) is 2.81. The quantitative estimate of drug-likeness (QED) is 0.516. The molecule has 1 aromatic carbocycles. The zero-order valence-corrected chi connectivity index (χ0v) is 6.59. The molecule has 0 aromatic heterocycles. The van der Waals surface area contributed by atoms with Gasteiger partial charge < -0.3 is 0 Å². The van der Waals surface area contributed by atoms with Gasteiger partial charge in [-0.3, -0.25) is 0 Å². The van der Waals surface area contributed by atoms with Crippen molar-refractivity contribution < 1.29 is 0 Å². The summed E-state index contributed by atoms with van der Waals surface area (Å²) in [5.41, 5.74) is 0. The highest BCUT2D eigenvalue weighted by atomic mass is 13.9. The minimum Gasteiger partial charge on any atom is -0.0767 e. The Morgan fingerprint density at radius 3 is 1.91 bits per heavy atom. The molecule has 0 heterocycles. The summed E-state index contributed by atoms with van der Waals surface area (Å²) in [6, 6.07) is 8.59. The van der Waals surface area contributed by atoms with Gasteiger partial charge in [0.1, 0.15) is 0 Å². The van der Waals surface area contributed by atoms with Gasteiger partial charge in [0.05, 0.1) is 0 Å². The predicted molar refractivity (Wildman–Crippen MR) is 48.5 cm³/mol. The largest absolute Gasteiger partial charge is 0.0767 e. The number of hydrogen-bond donors (Lipinski definition) is 0. The predicted octanol–water partition coefficient (Wildman–Crippen LogP) is 1.43. The first kappa shape index (κ1) is 6.66. The number of fused-ring (bicyclic) bond motifs is 1. The average Bonchev–Trinajstić information content (AvgIpc) is 2.28. The normalized spacial score (nSPS) is 15.6. The van der Waals surface area contributed by atoms with Gasteiger partial charge in [-0.25, -0.2) is 0 Å². The van der Waals surface area contributed by atoms with Crippen molar-refractivity contribution >= 4 is 12.2 Å². The second-order valence-electron chi connectivity index (χ2n) is 2.97. The standard InChI is InChI=1S/C11H12/c1-2-6-10-8-4-5-9-11(10)7-3-1/h4-9H,1-3H2. The molecule has 2 rings (SSSR count). The van der Waals surface area contributed by atoms with E-state index in [2.05, 4.69) is 36.4 Å². The molecule has 0 radical (unpaired) electrons. The van der Waals surface area contributed by atoms with E-state index in [9.17, 15) is 0 Å². The van der Waals surface area contributed by atoms with Gasteiger partial charge >= 0.3 is 0 Å². The smallest absolute Gasteiger partial charge is 0.0227 e. The summed E-state index contributed by atoms with van der Waals surface area (Å²) < 4.78 is 0. The number of rotatable bonds is 0. The molecule has 0 fully saturated rings. The average molecular weight is 144 g/mol.